The van der Waals surface area contributed by atoms with Crippen molar-refractivity contribution in [2.45, 2.75) is 135 Å². The fourth-order valence-electron chi connectivity index (χ4n) is 8.11. The molecule has 4 rings (SSSR count). The molecule has 0 amide bonds. The van der Waals surface area contributed by atoms with Gasteiger partial charge in [-0.15, -0.1) is 0 Å². The number of nitrogens with zero attached hydrogens (tertiary/aromatic N) is 3. The Balaban J connectivity index is 1.59. The summed E-state index contributed by atoms with van der Waals surface area (Å²) in [5, 5.41) is 11.3. The van der Waals surface area contributed by atoms with Gasteiger partial charge in [-0.1, -0.05) is 20.8 Å². The van der Waals surface area contributed by atoms with E-state index >= 15 is 0 Å². The summed E-state index contributed by atoms with van der Waals surface area (Å²) < 4.78 is 25.0. The maximum atomic E-state index is 14.2. The highest BCUT2D eigenvalue weighted by molar-refractivity contribution is 6.04. The number of rotatable bonds is 10. The minimum Gasteiger partial charge on any atom is -0.463 e. The van der Waals surface area contributed by atoms with Gasteiger partial charge in [0.2, 0.25) is 0 Å². The second-order valence-corrected chi connectivity index (χ2v) is 16.0. The first-order valence-electron chi connectivity index (χ1n) is 18.0. The van der Waals surface area contributed by atoms with Crippen LogP contribution in [0.1, 0.15) is 86.5 Å². The average molecular weight is 652 g/mol. The summed E-state index contributed by atoms with van der Waals surface area (Å²) in [6, 6.07) is 0.526. The zero-order chi connectivity index (χ0) is 33.9. The van der Waals surface area contributed by atoms with E-state index in [1.807, 2.05) is 25.9 Å². The molecule has 1 N–H and O–H groups in total. The van der Waals surface area contributed by atoms with Gasteiger partial charge in [-0.3, -0.25) is 14.5 Å². The van der Waals surface area contributed by atoms with Crippen molar-refractivity contribution in [1.82, 2.24) is 14.7 Å². The van der Waals surface area contributed by atoms with E-state index in [1.54, 1.807) is 27.9 Å². The molecule has 0 spiro atoms. The van der Waals surface area contributed by atoms with Gasteiger partial charge in [0, 0.05) is 44.2 Å². The van der Waals surface area contributed by atoms with Gasteiger partial charge in [0.25, 0.3) is 0 Å². The van der Waals surface area contributed by atoms with Gasteiger partial charge in [-0.2, -0.15) is 0 Å². The standard InChI is InChI=1S/C36H65N3O7/c1-11-14-39-19-22(2)15-30(43-10)32(46-34-31(40)28(37(7)8)16-23(3)45-34)24(4)33(41)36(5,6)35(42)44-21-29(39)26-17-27(18-26)38(9)20-25-12-13-25/h22-32,34,40H,11-21H2,1-10H3/t22-,23-,24-,26-,27-,28+,29+,30-,31-,32-,34+/m1/s1. The Morgan fingerprint density at radius 1 is 1.04 bits per heavy atom. The average Bonchev–Trinajstić information content (AvgIpc) is 3.79. The van der Waals surface area contributed by atoms with Crippen LogP contribution in [0.2, 0.25) is 0 Å². The smallest absolute Gasteiger partial charge is 0.319 e. The molecule has 10 heteroatoms. The topological polar surface area (TPSA) is 101 Å². The first kappa shape index (κ1) is 37.7. The Bertz CT molecular complexity index is 1000. The molecule has 10 nitrogen and oxygen atoms in total. The van der Waals surface area contributed by atoms with Crippen molar-refractivity contribution in [3.8, 4) is 0 Å². The quantitative estimate of drug-likeness (QED) is 0.277. The number of carbonyl (C=O) groups excluding carboxylic acids is 2. The third kappa shape index (κ3) is 8.90. The van der Waals surface area contributed by atoms with E-state index in [1.165, 1.54) is 19.4 Å². The number of ketones is 1. The number of likely N-dealkylation sites (N-methyl/N-ethyl adjacent to an activating group) is 1. The highest BCUT2D eigenvalue weighted by atomic mass is 16.7. The maximum absolute atomic E-state index is 14.2. The van der Waals surface area contributed by atoms with Gasteiger partial charge in [0.1, 0.15) is 18.1 Å². The lowest BCUT2D eigenvalue weighted by atomic mass is 9.74. The molecule has 2 saturated carbocycles. The van der Waals surface area contributed by atoms with Gasteiger partial charge in [0.15, 0.2) is 12.1 Å². The zero-order valence-electron chi connectivity index (χ0n) is 30.4. The molecule has 2 heterocycles. The van der Waals surface area contributed by atoms with Crippen LogP contribution in [0.5, 0.6) is 0 Å². The molecule has 266 valence electrons. The Labute approximate surface area is 278 Å². The van der Waals surface area contributed by atoms with Crippen LogP contribution < -0.4 is 0 Å². The molecule has 0 bridgehead atoms. The number of ether oxygens (including phenoxy) is 4. The first-order chi connectivity index (χ1) is 21.7. The fourth-order valence-corrected chi connectivity index (χ4v) is 8.11. The largest absolute Gasteiger partial charge is 0.463 e. The molecule has 0 aromatic rings. The van der Waals surface area contributed by atoms with Gasteiger partial charge >= 0.3 is 5.97 Å². The molecule has 0 aromatic heterocycles. The van der Waals surface area contributed by atoms with Gasteiger partial charge in [-0.25, -0.2) is 0 Å². The molecule has 2 aliphatic heterocycles. The van der Waals surface area contributed by atoms with Gasteiger partial charge in [-0.05, 0) is 111 Å². The van der Waals surface area contributed by atoms with E-state index < -0.39 is 41.9 Å². The number of aliphatic hydroxyl groups excluding tert-OH is 1. The molecule has 2 saturated heterocycles. The van der Waals surface area contributed by atoms with Crippen LogP contribution in [0, 0.1) is 29.1 Å². The predicted octanol–water partition coefficient (Wildman–Crippen LogP) is 3.83. The maximum Gasteiger partial charge on any atom is 0.319 e. The molecule has 0 aromatic carbocycles. The summed E-state index contributed by atoms with van der Waals surface area (Å²) in [6.07, 6.45) is 4.10. The van der Waals surface area contributed by atoms with Crippen molar-refractivity contribution in [2.75, 3.05) is 54.5 Å². The molecule has 2 aliphatic carbocycles. The van der Waals surface area contributed by atoms with E-state index in [0.29, 0.717) is 31.4 Å². The minimum atomic E-state index is -1.38. The van der Waals surface area contributed by atoms with Crippen LogP contribution in [-0.2, 0) is 28.5 Å². The molecule has 4 fully saturated rings. The zero-order valence-corrected chi connectivity index (χ0v) is 30.4. The van der Waals surface area contributed by atoms with E-state index in [4.69, 9.17) is 18.9 Å². The SMILES string of the molecule is CCCN1C[C@H](C)C[C@@H](OC)[C@H](O[C@@H]2O[C@H](C)C[C@H](N(C)C)[C@H]2O)[C@@H](C)C(=O)C(C)(C)C(=O)OC[C@H]1[C@H]1C[C@H](N(C)CC2CC2)C1. The Kier molecular flexibility index (Phi) is 13.1. The van der Waals surface area contributed by atoms with Crippen LogP contribution in [0.3, 0.4) is 0 Å². The summed E-state index contributed by atoms with van der Waals surface area (Å²) in [5.74, 6) is 0.0578. The number of hydrogen-bond donors (Lipinski definition) is 1. The summed E-state index contributed by atoms with van der Waals surface area (Å²) in [6.45, 7) is 14.7. The lowest BCUT2D eigenvalue weighted by Gasteiger charge is -2.48. The van der Waals surface area contributed by atoms with Crippen LogP contribution in [0.15, 0.2) is 0 Å². The van der Waals surface area contributed by atoms with E-state index in [2.05, 4.69) is 30.7 Å². The summed E-state index contributed by atoms with van der Waals surface area (Å²) in [7, 11) is 7.79. The Hall–Kier alpha value is -1.14. The molecular formula is C36H65N3O7. The summed E-state index contributed by atoms with van der Waals surface area (Å²) in [5.41, 5.74) is -1.38. The predicted molar refractivity (Wildman–Crippen MR) is 178 cm³/mol. The van der Waals surface area contributed by atoms with Gasteiger partial charge in [0.05, 0.1) is 18.3 Å². The van der Waals surface area contributed by atoms with Crippen molar-refractivity contribution in [3.05, 3.63) is 0 Å². The summed E-state index contributed by atoms with van der Waals surface area (Å²) >= 11 is 0. The number of aliphatic hydroxyl groups is 1. The normalized spacial score (nSPS) is 40.2. The van der Waals surface area contributed by atoms with Crippen LogP contribution in [-0.4, -0.2) is 135 Å². The monoisotopic (exact) mass is 651 g/mol. The second kappa shape index (κ2) is 16.0. The lowest BCUT2D eigenvalue weighted by Crippen LogP contribution is -2.57. The summed E-state index contributed by atoms with van der Waals surface area (Å²) in [4.78, 5) is 35.0. The number of methoxy groups -OCH3 is 1. The van der Waals surface area contributed by atoms with Crippen molar-refractivity contribution in [1.29, 1.82) is 0 Å². The van der Waals surface area contributed by atoms with E-state index in [0.717, 1.165) is 38.3 Å². The number of Topliss-reactive ketones (excluding diaryl/α,β-unsaturated/α-hetero) is 1. The van der Waals surface area contributed by atoms with E-state index in [-0.39, 0.29) is 29.9 Å². The number of hydrogen-bond acceptors (Lipinski definition) is 10. The Morgan fingerprint density at radius 3 is 2.30 bits per heavy atom. The molecule has 4 aliphatic rings. The molecule has 46 heavy (non-hydrogen) atoms. The van der Waals surface area contributed by atoms with Crippen molar-refractivity contribution >= 4 is 11.8 Å². The van der Waals surface area contributed by atoms with Crippen molar-refractivity contribution in [2.24, 2.45) is 29.1 Å². The Morgan fingerprint density at radius 2 is 1.72 bits per heavy atom. The highest BCUT2D eigenvalue weighted by Crippen LogP contribution is 2.40. The van der Waals surface area contributed by atoms with Crippen molar-refractivity contribution < 1.29 is 33.6 Å². The fraction of sp³-hybridized carbons (Fsp3) is 0.944. The molecule has 0 radical (unpaired) electrons. The number of esters is 1. The number of cyclic esters (lactones) is 1. The molecular weight excluding hydrogens is 586 g/mol. The third-order valence-electron chi connectivity index (χ3n) is 11.4. The first-order valence-corrected chi connectivity index (χ1v) is 18.0. The van der Waals surface area contributed by atoms with E-state index in [9.17, 15) is 14.7 Å². The van der Waals surface area contributed by atoms with Gasteiger partial charge < -0.3 is 33.9 Å². The van der Waals surface area contributed by atoms with Crippen LogP contribution in [0.4, 0.5) is 0 Å². The van der Waals surface area contributed by atoms with Crippen LogP contribution in [0.25, 0.3) is 0 Å². The van der Waals surface area contributed by atoms with Crippen molar-refractivity contribution in [3.63, 3.8) is 0 Å². The highest BCUT2D eigenvalue weighted by Gasteiger charge is 2.49. The number of carbonyl (C=O) groups is 2. The second-order valence-electron chi connectivity index (χ2n) is 16.0. The minimum absolute atomic E-state index is 0.101. The third-order valence-corrected chi connectivity index (χ3v) is 11.4. The lowest BCUT2D eigenvalue weighted by molar-refractivity contribution is -0.284. The molecule has 9 atom stereocenters. The van der Waals surface area contributed by atoms with Crippen LogP contribution >= 0.6 is 0 Å². The molecule has 0 unspecified atom stereocenters.